The molecule has 218 valence electrons. The summed E-state index contributed by atoms with van der Waals surface area (Å²) in [4.78, 5) is 41.8. The van der Waals surface area contributed by atoms with Gasteiger partial charge in [-0.15, -0.1) is 0 Å². The van der Waals surface area contributed by atoms with Crippen LogP contribution in [0.1, 0.15) is 96.3 Å². The Morgan fingerprint density at radius 1 is 1.05 bits per heavy atom. The number of imide groups is 1. The first-order chi connectivity index (χ1) is 19.3. The number of nitriles is 1. The van der Waals surface area contributed by atoms with Crippen LogP contribution in [0.4, 0.5) is 5.69 Å². The normalized spacial score (nSPS) is 17.3. The van der Waals surface area contributed by atoms with Gasteiger partial charge in [0.05, 0.1) is 11.3 Å². The van der Waals surface area contributed by atoms with E-state index in [1.807, 2.05) is 4.90 Å². The molecule has 0 spiro atoms. The molecule has 40 heavy (non-hydrogen) atoms. The number of rotatable bonds is 16. The summed E-state index contributed by atoms with van der Waals surface area (Å²) >= 11 is 0. The molecule has 1 aliphatic heterocycles. The molecule has 0 saturated carbocycles. The second-order valence-corrected chi connectivity index (χ2v) is 10.6. The molecule has 0 radical (unpaired) electrons. The van der Waals surface area contributed by atoms with Gasteiger partial charge in [-0.2, -0.15) is 15.5 Å². The highest BCUT2D eigenvalue weighted by Gasteiger charge is 2.39. The number of aliphatic hydroxyl groups excluding tert-OH is 1. The number of aliphatic hydroxyl groups is 1. The Morgan fingerprint density at radius 3 is 2.12 bits per heavy atom. The van der Waals surface area contributed by atoms with Crippen molar-refractivity contribution in [3.8, 4) is 6.07 Å². The maximum atomic E-state index is 14.1. The van der Waals surface area contributed by atoms with Crippen molar-refractivity contribution >= 4 is 23.4 Å². The number of amides is 3. The van der Waals surface area contributed by atoms with Crippen LogP contribution >= 0.6 is 0 Å². The number of carbonyl (C=O) groups excluding carboxylic acids is 3. The third-order valence-corrected chi connectivity index (χ3v) is 7.76. The van der Waals surface area contributed by atoms with Crippen molar-refractivity contribution in [3.05, 3.63) is 41.0 Å². The van der Waals surface area contributed by atoms with Crippen LogP contribution in [-0.4, -0.2) is 58.5 Å². The molecule has 1 heterocycles. The van der Waals surface area contributed by atoms with Gasteiger partial charge >= 0.3 is 0 Å². The van der Waals surface area contributed by atoms with E-state index in [4.69, 9.17) is 0 Å². The lowest BCUT2D eigenvalue weighted by Gasteiger charge is -2.31. The summed E-state index contributed by atoms with van der Waals surface area (Å²) in [6, 6.07) is 7.48. The van der Waals surface area contributed by atoms with Crippen molar-refractivity contribution in [1.29, 1.82) is 5.26 Å². The number of unbranched alkanes of at least 4 members (excludes halogenated alkanes) is 2. The number of nitrogens with zero attached hydrogens (tertiary/aromatic N) is 5. The Balaban J connectivity index is 2.44. The summed E-state index contributed by atoms with van der Waals surface area (Å²) in [6.45, 7) is 10.7. The van der Waals surface area contributed by atoms with Gasteiger partial charge in [-0.3, -0.25) is 19.3 Å². The van der Waals surface area contributed by atoms with E-state index >= 15 is 0 Å². The zero-order chi connectivity index (χ0) is 29.7. The minimum atomic E-state index is -1.24. The number of hydrogen-bond donors (Lipinski definition) is 1. The lowest BCUT2D eigenvalue weighted by Crippen LogP contribution is -2.48. The second kappa shape index (κ2) is 16.7. The Kier molecular flexibility index (Phi) is 13.7. The minimum Gasteiger partial charge on any atom is -0.376 e. The van der Waals surface area contributed by atoms with E-state index in [2.05, 4.69) is 37.9 Å². The zero-order valence-electron chi connectivity index (χ0n) is 24.7. The molecule has 3 atom stereocenters. The molecular weight excluding hydrogens is 506 g/mol. The quantitative estimate of drug-likeness (QED) is 0.194. The van der Waals surface area contributed by atoms with Crippen LogP contribution in [0.2, 0.25) is 0 Å². The van der Waals surface area contributed by atoms with Gasteiger partial charge in [-0.25, -0.2) is 0 Å². The summed E-state index contributed by atoms with van der Waals surface area (Å²) in [7, 11) is 0. The van der Waals surface area contributed by atoms with E-state index in [1.54, 1.807) is 30.3 Å². The van der Waals surface area contributed by atoms with Crippen molar-refractivity contribution in [1.82, 2.24) is 9.80 Å². The first-order valence-electron chi connectivity index (χ1n) is 14.6. The average molecular weight is 552 g/mol. The van der Waals surface area contributed by atoms with Gasteiger partial charge in [0, 0.05) is 13.1 Å². The van der Waals surface area contributed by atoms with Crippen LogP contribution in [0.25, 0.3) is 0 Å². The molecule has 0 aliphatic carbocycles. The Hall–Kier alpha value is -3.38. The van der Waals surface area contributed by atoms with E-state index in [0.717, 1.165) is 51.4 Å². The Morgan fingerprint density at radius 2 is 1.62 bits per heavy atom. The predicted octanol–water partition coefficient (Wildman–Crippen LogP) is 6.17. The summed E-state index contributed by atoms with van der Waals surface area (Å²) in [5.41, 5.74) is 0.623. The largest absolute Gasteiger partial charge is 0.376 e. The molecule has 1 aromatic rings. The van der Waals surface area contributed by atoms with Crippen LogP contribution in [0.15, 0.2) is 45.6 Å². The molecule has 0 fully saturated rings. The number of carbonyl (C=O) groups is 3. The summed E-state index contributed by atoms with van der Waals surface area (Å²) in [5.74, 6) is -0.929. The predicted molar refractivity (Wildman–Crippen MR) is 155 cm³/mol. The summed E-state index contributed by atoms with van der Waals surface area (Å²) < 4.78 is 0. The van der Waals surface area contributed by atoms with Crippen LogP contribution in [0.3, 0.4) is 0 Å². The molecule has 9 nitrogen and oxygen atoms in total. The lowest BCUT2D eigenvalue weighted by molar-refractivity contribution is -0.148. The molecule has 1 aromatic carbocycles. The van der Waals surface area contributed by atoms with Crippen molar-refractivity contribution in [2.45, 2.75) is 92.0 Å². The van der Waals surface area contributed by atoms with Gasteiger partial charge in [0.1, 0.15) is 18.4 Å². The smallest absolute Gasteiger partial charge is 0.273 e. The van der Waals surface area contributed by atoms with Crippen molar-refractivity contribution in [2.24, 2.45) is 22.1 Å². The van der Waals surface area contributed by atoms with Crippen molar-refractivity contribution in [3.63, 3.8) is 0 Å². The van der Waals surface area contributed by atoms with Gasteiger partial charge in [0.25, 0.3) is 17.7 Å². The van der Waals surface area contributed by atoms with Crippen molar-refractivity contribution in [2.75, 3.05) is 19.8 Å². The molecule has 2 rings (SSSR count). The summed E-state index contributed by atoms with van der Waals surface area (Å²) in [5, 5.41) is 27.4. The molecule has 3 amide bonds. The van der Waals surface area contributed by atoms with Crippen molar-refractivity contribution < 1.29 is 19.5 Å². The van der Waals surface area contributed by atoms with E-state index in [1.165, 1.54) is 6.92 Å². The van der Waals surface area contributed by atoms with Crippen LogP contribution in [-0.2, 0) is 9.59 Å². The fraction of sp³-hybridized carbons (Fsp3) is 0.613. The van der Waals surface area contributed by atoms with Gasteiger partial charge in [-0.05, 0) is 49.3 Å². The highest BCUT2D eigenvalue weighted by atomic mass is 16.3. The fourth-order valence-electron chi connectivity index (χ4n) is 5.01. The van der Waals surface area contributed by atoms with E-state index in [0.29, 0.717) is 41.1 Å². The Labute approximate surface area is 238 Å². The zero-order valence-corrected chi connectivity index (χ0v) is 24.7. The first-order valence-corrected chi connectivity index (χ1v) is 14.6. The third-order valence-electron chi connectivity index (χ3n) is 7.76. The van der Waals surface area contributed by atoms with E-state index < -0.39 is 24.6 Å². The molecule has 0 bridgehead atoms. The fourth-order valence-corrected chi connectivity index (χ4v) is 5.01. The Bertz CT molecular complexity index is 1100. The van der Waals surface area contributed by atoms with Gasteiger partial charge in [0.15, 0.2) is 6.04 Å². The van der Waals surface area contributed by atoms with Crippen LogP contribution in [0.5, 0.6) is 0 Å². The number of hydrogen-bond acceptors (Lipinski definition) is 7. The first kappa shape index (κ1) is 32.8. The maximum Gasteiger partial charge on any atom is 0.273 e. The highest BCUT2D eigenvalue weighted by molar-refractivity contribution is 6.12. The van der Waals surface area contributed by atoms with Gasteiger partial charge in [-0.1, -0.05) is 78.4 Å². The molecule has 1 N–H and O–H groups in total. The molecule has 1 aliphatic rings. The monoisotopic (exact) mass is 551 g/mol. The molecular formula is C31H45N5O4. The SMILES string of the molecule is CCCCC(CC)CN(CC(CC)CCCC)C(=O)c1ccccc1N=NC1C(=O)N(CO)C(=O)C(C#N)=C1C. The molecule has 9 heteroatoms. The molecule has 3 unspecified atom stereocenters. The minimum absolute atomic E-state index is 0.119. The maximum absolute atomic E-state index is 14.1. The number of azo groups is 1. The molecule has 0 saturated heterocycles. The lowest BCUT2D eigenvalue weighted by atomic mass is 9.95. The second-order valence-electron chi connectivity index (χ2n) is 10.6. The third kappa shape index (κ3) is 8.31. The topological polar surface area (TPSA) is 126 Å². The standard InChI is InChI=1S/C31H45N5O4/c1-6-10-14-23(8-3)19-35(20-24(9-4)15-11-7-2)29(38)25-16-12-13-17-27(25)33-34-28-22(5)26(18-32)30(39)36(21-37)31(28)40/h12-13,16-17,23-24,28,37H,6-11,14-15,19-21H2,1-5H3. The summed E-state index contributed by atoms with van der Waals surface area (Å²) in [6.07, 6.45) is 8.60. The van der Waals surface area contributed by atoms with Crippen LogP contribution in [0, 0.1) is 23.2 Å². The van der Waals surface area contributed by atoms with E-state index in [-0.39, 0.29) is 17.1 Å². The average Bonchev–Trinajstić information content (AvgIpc) is 2.96. The highest BCUT2D eigenvalue weighted by Crippen LogP contribution is 2.28. The van der Waals surface area contributed by atoms with E-state index in [9.17, 15) is 24.8 Å². The molecule has 0 aromatic heterocycles. The van der Waals surface area contributed by atoms with Gasteiger partial charge < -0.3 is 10.0 Å². The van der Waals surface area contributed by atoms with Crippen LogP contribution < -0.4 is 0 Å². The number of benzene rings is 1. The van der Waals surface area contributed by atoms with Gasteiger partial charge in [0.2, 0.25) is 0 Å².